The summed E-state index contributed by atoms with van der Waals surface area (Å²) in [7, 11) is 0. The number of rotatable bonds is 3. The maximum Gasteiger partial charge on any atom is 0.255 e. The first-order valence-corrected chi connectivity index (χ1v) is 8.09. The molecule has 1 amide bonds. The molecule has 6 heteroatoms. The summed E-state index contributed by atoms with van der Waals surface area (Å²) in [5.74, 6) is 0.806. The van der Waals surface area contributed by atoms with Crippen molar-refractivity contribution in [2.75, 3.05) is 5.73 Å². The third-order valence-corrected chi connectivity index (χ3v) is 4.11. The monoisotopic (exact) mass is 331 g/mol. The lowest BCUT2D eigenvalue weighted by atomic mass is 10.1. The van der Waals surface area contributed by atoms with Crippen LogP contribution in [0.3, 0.4) is 0 Å². The predicted octanol–water partition coefficient (Wildman–Crippen LogP) is 2.97. The third-order valence-electron chi connectivity index (χ3n) is 4.11. The van der Waals surface area contributed by atoms with Gasteiger partial charge in [-0.2, -0.15) is 4.98 Å². The van der Waals surface area contributed by atoms with Gasteiger partial charge in [-0.1, -0.05) is 12.2 Å². The van der Waals surface area contributed by atoms with E-state index in [2.05, 4.69) is 21.4 Å². The molecule has 1 aliphatic rings. The van der Waals surface area contributed by atoms with E-state index in [0.717, 1.165) is 29.4 Å². The van der Waals surface area contributed by atoms with Crippen LogP contribution in [0.2, 0.25) is 0 Å². The number of nitrogens with one attached hydrogen (secondary N) is 1. The van der Waals surface area contributed by atoms with E-state index in [1.54, 1.807) is 12.3 Å². The van der Waals surface area contributed by atoms with Crippen molar-refractivity contribution < 1.29 is 4.79 Å². The van der Waals surface area contributed by atoms with E-state index >= 15 is 0 Å². The number of benzene rings is 1. The van der Waals surface area contributed by atoms with Crippen molar-refractivity contribution in [3.05, 3.63) is 72.2 Å². The highest BCUT2D eigenvalue weighted by Crippen LogP contribution is 2.21. The molecule has 2 aromatic heterocycles. The molecule has 3 aromatic rings. The molecule has 0 radical (unpaired) electrons. The Bertz CT molecular complexity index is 1020. The van der Waals surface area contributed by atoms with Crippen LogP contribution in [0.1, 0.15) is 23.2 Å². The molecular formula is C19H17N5O. The highest BCUT2D eigenvalue weighted by molar-refractivity contribution is 5.99. The average Bonchev–Trinajstić information content (AvgIpc) is 3.06. The Balaban J connectivity index is 1.64. The minimum Gasteiger partial charge on any atom is -0.368 e. The van der Waals surface area contributed by atoms with Gasteiger partial charge in [-0.05, 0) is 49.2 Å². The molecule has 6 nitrogen and oxygen atoms in total. The lowest BCUT2D eigenvalue weighted by Crippen LogP contribution is -2.22. The van der Waals surface area contributed by atoms with Crippen molar-refractivity contribution in [3.63, 3.8) is 0 Å². The largest absolute Gasteiger partial charge is 0.368 e. The third kappa shape index (κ3) is 3.01. The summed E-state index contributed by atoms with van der Waals surface area (Å²) >= 11 is 0. The van der Waals surface area contributed by atoms with Gasteiger partial charge in [0.1, 0.15) is 5.82 Å². The fourth-order valence-electron chi connectivity index (χ4n) is 2.89. The van der Waals surface area contributed by atoms with Crippen LogP contribution in [0.15, 0.2) is 66.7 Å². The van der Waals surface area contributed by atoms with Crippen LogP contribution < -0.4 is 11.1 Å². The molecule has 2 heterocycles. The van der Waals surface area contributed by atoms with Gasteiger partial charge in [-0.25, -0.2) is 4.98 Å². The Morgan fingerprint density at radius 2 is 2.12 bits per heavy atom. The number of hydrogen-bond acceptors (Lipinski definition) is 4. The maximum atomic E-state index is 12.4. The van der Waals surface area contributed by atoms with Crippen LogP contribution in [0.4, 0.5) is 5.95 Å². The molecule has 0 unspecified atom stereocenters. The summed E-state index contributed by atoms with van der Waals surface area (Å²) in [4.78, 5) is 20.6. The number of carbonyl (C=O) groups is 1. The number of fused-ring (bicyclic) bond motifs is 1. The van der Waals surface area contributed by atoms with E-state index in [-0.39, 0.29) is 11.9 Å². The highest BCUT2D eigenvalue weighted by atomic mass is 16.1. The van der Waals surface area contributed by atoms with Crippen molar-refractivity contribution in [2.45, 2.75) is 12.8 Å². The van der Waals surface area contributed by atoms with Gasteiger partial charge in [-0.15, -0.1) is 0 Å². The SMILES string of the molecule is Nc1nccc(-n2ccc3cc(C(=O)NC4=CCCC=C4)ccc32)n1. The number of anilines is 1. The topological polar surface area (TPSA) is 85.8 Å². The number of hydrogen-bond donors (Lipinski definition) is 2. The molecule has 25 heavy (non-hydrogen) atoms. The van der Waals surface area contributed by atoms with E-state index in [0.29, 0.717) is 11.4 Å². The molecule has 1 aliphatic carbocycles. The van der Waals surface area contributed by atoms with Crippen molar-refractivity contribution >= 4 is 22.8 Å². The minimum atomic E-state index is -0.112. The van der Waals surface area contributed by atoms with Gasteiger partial charge in [0.05, 0.1) is 5.52 Å². The van der Waals surface area contributed by atoms with Crippen LogP contribution in [-0.4, -0.2) is 20.4 Å². The number of allylic oxidation sites excluding steroid dienone is 3. The van der Waals surface area contributed by atoms with Gasteiger partial charge in [0.25, 0.3) is 5.91 Å². The normalized spacial score (nSPS) is 13.7. The Hall–Kier alpha value is -3.41. The minimum absolute atomic E-state index is 0.112. The lowest BCUT2D eigenvalue weighted by molar-refractivity contribution is 0.0967. The Labute approximate surface area is 144 Å². The number of nitrogens with zero attached hydrogens (tertiary/aromatic N) is 3. The van der Waals surface area contributed by atoms with E-state index in [1.807, 2.05) is 47.2 Å². The van der Waals surface area contributed by atoms with Gasteiger partial charge in [-0.3, -0.25) is 4.79 Å². The first-order valence-electron chi connectivity index (χ1n) is 8.09. The number of nitrogen functional groups attached to an aromatic ring is 1. The van der Waals surface area contributed by atoms with Crippen LogP contribution in [-0.2, 0) is 0 Å². The molecule has 0 spiro atoms. The lowest BCUT2D eigenvalue weighted by Gasteiger charge is -2.10. The fraction of sp³-hybridized carbons (Fsp3) is 0.105. The predicted molar refractivity (Wildman–Crippen MR) is 97.2 cm³/mol. The second-order valence-electron chi connectivity index (χ2n) is 5.83. The first kappa shape index (κ1) is 15.1. The Morgan fingerprint density at radius 1 is 1.20 bits per heavy atom. The highest BCUT2D eigenvalue weighted by Gasteiger charge is 2.11. The zero-order valence-electron chi connectivity index (χ0n) is 13.5. The molecule has 4 rings (SSSR count). The summed E-state index contributed by atoms with van der Waals surface area (Å²) in [6, 6.07) is 9.33. The molecule has 0 aliphatic heterocycles. The molecule has 3 N–H and O–H groups in total. The van der Waals surface area contributed by atoms with Gasteiger partial charge >= 0.3 is 0 Å². The molecule has 0 fully saturated rings. The van der Waals surface area contributed by atoms with E-state index in [4.69, 9.17) is 5.73 Å². The summed E-state index contributed by atoms with van der Waals surface area (Å²) in [5, 5.41) is 3.89. The van der Waals surface area contributed by atoms with Gasteiger partial charge in [0.2, 0.25) is 5.95 Å². The Morgan fingerprint density at radius 3 is 2.92 bits per heavy atom. The molecule has 124 valence electrons. The summed E-state index contributed by atoms with van der Waals surface area (Å²) < 4.78 is 1.92. The molecule has 1 aromatic carbocycles. The second kappa shape index (κ2) is 6.24. The smallest absolute Gasteiger partial charge is 0.255 e. The fourth-order valence-corrected chi connectivity index (χ4v) is 2.89. The summed E-state index contributed by atoms with van der Waals surface area (Å²) in [6.45, 7) is 0. The zero-order valence-corrected chi connectivity index (χ0v) is 13.5. The standard InChI is InChI=1S/C19H17N5O/c20-19-21-10-8-17(23-19)24-11-9-13-12-14(6-7-16(13)24)18(25)22-15-4-2-1-3-5-15/h2,4-12H,1,3H2,(H,22,25)(H2,20,21,23). The number of aromatic nitrogens is 3. The summed E-state index contributed by atoms with van der Waals surface area (Å²) in [6.07, 6.45) is 11.5. The van der Waals surface area contributed by atoms with E-state index in [1.165, 1.54) is 0 Å². The van der Waals surface area contributed by atoms with Gasteiger partial charge < -0.3 is 15.6 Å². The van der Waals surface area contributed by atoms with Crippen molar-refractivity contribution in [1.82, 2.24) is 19.9 Å². The van der Waals surface area contributed by atoms with Crippen molar-refractivity contribution in [1.29, 1.82) is 0 Å². The average molecular weight is 331 g/mol. The molecule has 0 bridgehead atoms. The Kier molecular flexibility index (Phi) is 3.78. The van der Waals surface area contributed by atoms with Crippen molar-refractivity contribution in [3.8, 4) is 5.82 Å². The van der Waals surface area contributed by atoms with Gasteiger partial charge in [0.15, 0.2) is 0 Å². The van der Waals surface area contributed by atoms with Crippen molar-refractivity contribution in [2.24, 2.45) is 0 Å². The number of carbonyl (C=O) groups excluding carboxylic acids is 1. The number of nitrogens with two attached hydrogens (primary N) is 1. The number of amides is 1. The van der Waals surface area contributed by atoms with E-state index in [9.17, 15) is 4.79 Å². The summed E-state index contributed by atoms with van der Waals surface area (Å²) in [5.41, 5.74) is 8.08. The molecule has 0 saturated heterocycles. The van der Waals surface area contributed by atoms with Gasteiger partial charge in [0, 0.05) is 29.0 Å². The zero-order chi connectivity index (χ0) is 17.2. The van der Waals surface area contributed by atoms with E-state index < -0.39 is 0 Å². The van der Waals surface area contributed by atoms with Crippen LogP contribution in [0.5, 0.6) is 0 Å². The van der Waals surface area contributed by atoms with Crippen LogP contribution in [0.25, 0.3) is 16.7 Å². The quantitative estimate of drug-likeness (QED) is 0.772. The van der Waals surface area contributed by atoms with Crippen LogP contribution >= 0.6 is 0 Å². The van der Waals surface area contributed by atoms with Crippen LogP contribution in [0, 0.1) is 0 Å². The second-order valence-corrected chi connectivity index (χ2v) is 5.83. The first-order chi connectivity index (χ1) is 12.2. The molecular weight excluding hydrogens is 314 g/mol. The maximum absolute atomic E-state index is 12.4. The molecule has 0 atom stereocenters. The molecule has 0 saturated carbocycles.